The lowest BCUT2D eigenvalue weighted by Gasteiger charge is -2.10. The summed E-state index contributed by atoms with van der Waals surface area (Å²) in [6, 6.07) is 5.99. The molecular formula is C12H15N3O3. The Kier molecular flexibility index (Phi) is 5.08. The lowest BCUT2D eigenvalue weighted by Crippen LogP contribution is -2.15. The highest BCUT2D eigenvalue weighted by Gasteiger charge is 2.13. The van der Waals surface area contributed by atoms with Gasteiger partial charge in [0.1, 0.15) is 17.4 Å². The minimum atomic E-state index is -0.575. The first-order valence-corrected chi connectivity index (χ1v) is 5.50. The van der Waals surface area contributed by atoms with Crippen molar-refractivity contribution in [3.05, 3.63) is 33.9 Å². The SMILES string of the molecule is CN(C)CCCOc1ccc([N+](=O)[O-])c(C#N)c1. The summed E-state index contributed by atoms with van der Waals surface area (Å²) >= 11 is 0. The average Bonchev–Trinajstić information content (AvgIpc) is 2.33. The van der Waals surface area contributed by atoms with Gasteiger partial charge < -0.3 is 9.64 Å². The summed E-state index contributed by atoms with van der Waals surface area (Å²) in [6.07, 6.45) is 0.853. The van der Waals surface area contributed by atoms with E-state index in [0.717, 1.165) is 13.0 Å². The molecular weight excluding hydrogens is 234 g/mol. The lowest BCUT2D eigenvalue weighted by molar-refractivity contribution is -0.385. The molecule has 0 amide bonds. The van der Waals surface area contributed by atoms with Gasteiger partial charge in [-0.3, -0.25) is 10.1 Å². The van der Waals surface area contributed by atoms with Gasteiger partial charge in [0.25, 0.3) is 5.69 Å². The molecule has 0 bridgehead atoms. The molecule has 0 radical (unpaired) electrons. The zero-order valence-corrected chi connectivity index (χ0v) is 10.4. The molecule has 0 heterocycles. The van der Waals surface area contributed by atoms with Crippen LogP contribution in [0.1, 0.15) is 12.0 Å². The number of ether oxygens (including phenoxy) is 1. The van der Waals surface area contributed by atoms with Crippen LogP contribution >= 0.6 is 0 Å². The van der Waals surface area contributed by atoms with E-state index >= 15 is 0 Å². The van der Waals surface area contributed by atoms with Crippen LogP contribution in [-0.2, 0) is 0 Å². The molecule has 0 aromatic heterocycles. The smallest absolute Gasteiger partial charge is 0.287 e. The van der Waals surface area contributed by atoms with Gasteiger partial charge >= 0.3 is 0 Å². The van der Waals surface area contributed by atoms with Gasteiger partial charge in [-0.05, 0) is 26.6 Å². The van der Waals surface area contributed by atoms with Gasteiger partial charge in [-0.15, -0.1) is 0 Å². The Hall–Kier alpha value is -2.13. The number of hydrogen-bond donors (Lipinski definition) is 0. The second-order valence-corrected chi connectivity index (χ2v) is 4.05. The lowest BCUT2D eigenvalue weighted by atomic mass is 10.2. The molecule has 0 spiro atoms. The fraction of sp³-hybridized carbons (Fsp3) is 0.417. The maximum atomic E-state index is 10.6. The molecule has 18 heavy (non-hydrogen) atoms. The van der Waals surface area contributed by atoms with Crippen molar-refractivity contribution in [1.29, 1.82) is 5.26 Å². The molecule has 0 aliphatic carbocycles. The van der Waals surface area contributed by atoms with E-state index in [4.69, 9.17) is 10.00 Å². The molecule has 0 aliphatic rings. The first kappa shape index (κ1) is 13.9. The van der Waals surface area contributed by atoms with Gasteiger partial charge in [0.2, 0.25) is 0 Å². The summed E-state index contributed by atoms with van der Waals surface area (Å²) in [6.45, 7) is 1.42. The molecule has 0 aliphatic heterocycles. The zero-order valence-electron chi connectivity index (χ0n) is 10.4. The normalized spacial score (nSPS) is 10.1. The third-order valence-electron chi connectivity index (χ3n) is 2.30. The van der Waals surface area contributed by atoms with E-state index in [1.54, 1.807) is 6.07 Å². The summed E-state index contributed by atoms with van der Waals surface area (Å²) in [7, 11) is 3.94. The summed E-state index contributed by atoms with van der Waals surface area (Å²) in [5, 5.41) is 19.5. The van der Waals surface area contributed by atoms with Crippen molar-refractivity contribution in [3.63, 3.8) is 0 Å². The number of nitro benzene ring substituents is 1. The predicted octanol–water partition coefficient (Wildman–Crippen LogP) is 1.80. The van der Waals surface area contributed by atoms with Crippen LogP contribution in [0, 0.1) is 21.4 Å². The Bertz CT molecular complexity index is 466. The Labute approximate surface area is 106 Å². The highest BCUT2D eigenvalue weighted by Crippen LogP contribution is 2.23. The Morgan fingerprint density at radius 1 is 1.50 bits per heavy atom. The molecule has 0 unspecified atom stereocenters. The van der Waals surface area contributed by atoms with Crippen LogP contribution < -0.4 is 4.74 Å². The van der Waals surface area contributed by atoms with E-state index in [2.05, 4.69) is 0 Å². The average molecular weight is 249 g/mol. The van der Waals surface area contributed by atoms with Crippen molar-refractivity contribution >= 4 is 5.69 Å². The molecule has 1 aromatic carbocycles. The van der Waals surface area contributed by atoms with Gasteiger partial charge in [-0.2, -0.15) is 5.26 Å². The monoisotopic (exact) mass is 249 g/mol. The first-order chi connectivity index (χ1) is 8.54. The van der Waals surface area contributed by atoms with Crippen molar-refractivity contribution < 1.29 is 9.66 Å². The second-order valence-electron chi connectivity index (χ2n) is 4.05. The van der Waals surface area contributed by atoms with Gasteiger partial charge in [0, 0.05) is 18.7 Å². The fourth-order valence-corrected chi connectivity index (χ4v) is 1.42. The van der Waals surface area contributed by atoms with Crippen LogP contribution in [0.4, 0.5) is 5.69 Å². The van der Waals surface area contributed by atoms with Crippen LogP contribution in [0.15, 0.2) is 18.2 Å². The molecule has 1 rings (SSSR count). The second kappa shape index (κ2) is 6.57. The Balaban J connectivity index is 2.63. The number of rotatable bonds is 6. The zero-order chi connectivity index (χ0) is 13.5. The van der Waals surface area contributed by atoms with Crippen LogP contribution in [0.2, 0.25) is 0 Å². The first-order valence-electron chi connectivity index (χ1n) is 5.50. The molecule has 0 saturated heterocycles. The number of nitro groups is 1. The van der Waals surface area contributed by atoms with Crippen molar-refractivity contribution in [2.75, 3.05) is 27.2 Å². The third-order valence-corrected chi connectivity index (χ3v) is 2.30. The van der Waals surface area contributed by atoms with Crippen LogP contribution in [0.3, 0.4) is 0 Å². The Morgan fingerprint density at radius 2 is 2.22 bits per heavy atom. The molecule has 0 atom stereocenters. The number of hydrogen-bond acceptors (Lipinski definition) is 5. The van der Waals surface area contributed by atoms with E-state index in [9.17, 15) is 10.1 Å². The molecule has 6 heteroatoms. The predicted molar refractivity (Wildman–Crippen MR) is 66.5 cm³/mol. The van der Waals surface area contributed by atoms with Gasteiger partial charge in [0.15, 0.2) is 0 Å². The largest absolute Gasteiger partial charge is 0.493 e. The third kappa shape index (κ3) is 4.03. The fourth-order valence-electron chi connectivity index (χ4n) is 1.42. The van der Waals surface area contributed by atoms with E-state index in [-0.39, 0.29) is 11.3 Å². The van der Waals surface area contributed by atoms with Crippen LogP contribution in [0.25, 0.3) is 0 Å². The number of benzene rings is 1. The highest BCUT2D eigenvalue weighted by atomic mass is 16.6. The van der Waals surface area contributed by atoms with E-state index in [0.29, 0.717) is 12.4 Å². The summed E-state index contributed by atoms with van der Waals surface area (Å²) in [5.74, 6) is 0.482. The molecule has 0 saturated carbocycles. The molecule has 6 nitrogen and oxygen atoms in total. The van der Waals surface area contributed by atoms with Gasteiger partial charge in [0.05, 0.1) is 11.5 Å². The van der Waals surface area contributed by atoms with Crippen LogP contribution in [-0.4, -0.2) is 37.1 Å². The van der Waals surface area contributed by atoms with E-state index < -0.39 is 4.92 Å². The van der Waals surface area contributed by atoms with Crippen molar-refractivity contribution in [3.8, 4) is 11.8 Å². The molecule has 0 fully saturated rings. The van der Waals surface area contributed by atoms with Crippen LogP contribution in [0.5, 0.6) is 5.75 Å². The molecule has 1 aromatic rings. The maximum absolute atomic E-state index is 10.6. The minimum absolute atomic E-state index is 0.0186. The molecule has 0 N–H and O–H groups in total. The standard InChI is InChI=1S/C12H15N3O3/c1-14(2)6-3-7-18-11-4-5-12(15(16)17)10(8-11)9-13/h4-5,8H,3,6-7H2,1-2H3. The summed E-state index contributed by atoms with van der Waals surface area (Å²) in [4.78, 5) is 12.1. The van der Waals surface area contributed by atoms with E-state index in [1.807, 2.05) is 19.0 Å². The van der Waals surface area contributed by atoms with Crippen molar-refractivity contribution in [2.45, 2.75) is 6.42 Å². The number of nitriles is 1. The summed E-state index contributed by atoms with van der Waals surface area (Å²) in [5.41, 5.74) is -0.178. The minimum Gasteiger partial charge on any atom is -0.493 e. The van der Waals surface area contributed by atoms with Crippen molar-refractivity contribution in [1.82, 2.24) is 4.90 Å². The van der Waals surface area contributed by atoms with Crippen molar-refractivity contribution in [2.24, 2.45) is 0 Å². The maximum Gasteiger partial charge on any atom is 0.287 e. The Morgan fingerprint density at radius 3 is 2.78 bits per heavy atom. The highest BCUT2D eigenvalue weighted by molar-refractivity contribution is 5.52. The molecule has 96 valence electrons. The number of nitrogens with zero attached hydrogens (tertiary/aromatic N) is 3. The topological polar surface area (TPSA) is 79.4 Å². The quantitative estimate of drug-likeness (QED) is 0.436. The van der Waals surface area contributed by atoms with E-state index in [1.165, 1.54) is 18.2 Å². The summed E-state index contributed by atoms with van der Waals surface area (Å²) < 4.78 is 5.43. The van der Waals surface area contributed by atoms with Gasteiger partial charge in [-0.1, -0.05) is 0 Å². The van der Waals surface area contributed by atoms with Gasteiger partial charge in [-0.25, -0.2) is 0 Å².